The van der Waals surface area contributed by atoms with E-state index in [0.717, 1.165) is 11.1 Å². The molecule has 8 nitrogen and oxygen atoms in total. The van der Waals surface area contributed by atoms with Gasteiger partial charge in [-0.1, -0.05) is 30.3 Å². The average Bonchev–Trinajstić information content (AvgIpc) is 3.22. The molecule has 0 saturated heterocycles. The van der Waals surface area contributed by atoms with Gasteiger partial charge in [0.25, 0.3) is 0 Å². The minimum Gasteiger partial charge on any atom is -0.395 e. The number of nitrogens with zero attached hydrogens (tertiary/aromatic N) is 1. The molecule has 1 fully saturated rings. The summed E-state index contributed by atoms with van der Waals surface area (Å²) in [5.41, 5.74) is 2.29. The van der Waals surface area contributed by atoms with Crippen LogP contribution in [0.25, 0.3) is 22.4 Å². The number of rotatable bonds is 7. The fraction of sp³-hybridized carbons (Fsp3) is 0.364. The van der Waals surface area contributed by atoms with E-state index < -0.39 is 10.0 Å². The molecule has 0 aliphatic heterocycles. The predicted molar refractivity (Wildman–Crippen MR) is 118 cm³/mol. The summed E-state index contributed by atoms with van der Waals surface area (Å²) in [6.07, 6.45) is 2.42. The molecule has 1 aliphatic rings. The van der Waals surface area contributed by atoms with E-state index in [1.165, 1.54) is 0 Å². The number of hydrogen-bond donors (Lipinski definition) is 4. The Kier molecular flexibility index (Phi) is 6.35. The number of nitrogens with one attached hydrogen (secondary N) is 3. The topological polar surface area (TPSA) is 124 Å². The third kappa shape index (κ3) is 4.95. The molecule has 1 amide bonds. The third-order valence-corrected chi connectivity index (χ3v) is 7.16. The van der Waals surface area contributed by atoms with E-state index in [9.17, 15) is 13.2 Å². The van der Waals surface area contributed by atoms with Crippen molar-refractivity contribution in [1.82, 2.24) is 20.0 Å². The Hall–Kier alpha value is -2.75. The number of benzene rings is 2. The van der Waals surface area contributed by atoms with Gasteiger partial charge >= 0.3 is 0 Å². The van der Waals surface area contributed by atoms with Crippen LogP contribution in [0.3, 0.4) is 0 Å². The number of carbonyl (C=O) groups excluding carboxylic acids is 1. The van der Waals surface area contributed by atoms with Crippen molar-refractivity contribution in [3.8, 4) is 11.4 Å². The fourth-order valence-electron chi connectivity index (χ4n) is 3.97. The van der Waals surface area contributed by atoms with E-state index in [1.807, 2.05) is 30.3 Å². The van der Waals surface area contributed by atoms with E-state index in [1.54, 1.807) is 18.2 Å². The number of aliphatic hydroxyl groups is 1. The number of aromatic amines is 1. The molecule has 1 heterocycles. The van der Waals surface area contributed by atoms with Crippen molar-refractivity contribution in [2.24, 2.45) is 5.92 Å². The Bertz CT molecular complexity index is 1150. The first-order valence-corrected chi connectivity index (χ1v) is 11.9. The van der Waals surface area contributed by atoms with Gasteiger partial charge in [-0.15, -0.1) is 0 Å². The van der Waals surface area contributed by atoms with E-state index in [4.69, 9.17) is 5.11 Å². The summed E-state index contributed by atoms with van der Waals surface area (Å²) in [4.78, 5) is 20.0. The molecule has 0 bridgehead atoms. The van der Waals surface area contributed by atoms with Crippen LogP contribution in [-0.4, -0.2) is 48.6 Å². The normalized spacial score (nSPS) is 19.4. The van der Waals surface area contributed by atoms with Gasteiger partial charge in [-0.2, -0.15) is 0 Å². The van der Waals surface area contributed by atoms with Gasteiger partial charge in [-0.05, 0) is 43.9 Å². The van der Waals surface area contributed by atoms with Gasteiger partial charge in [0.1, 0.15) is 5.82 Å². The van der Waals surface area contributed by atoms with Crippen LogP contribution < -0.4 is 10.0 Å². The first kappa shape index (κ1) is 21.5. The molecule has 164 valence electrons. The minimum absolute atomic E-state index is 0.0754. The van der Waals surface area contributed by atoms with Crippen LogP contribution >= 0.6 is 0 Å². The molecule has 9 heteroatoms. The highest BCUT2D eigenvalue weighted by Gasteiger charge is 2.29. The molecule has 31 heavy (non-hydrogen) atoms. The van der Waals surface area contributed by atoms with Crippen LogP contribution in [0.2, 0.25) is 0 Å². The molecule has 0 atom stereocenters. The van der Waals surface area contributed by atoms with E-state index in [-0.39, 0.29) is 35.9 Å². The van der Waals surface area contributed by atoms with Crippen molar-refractivity contribution < 1.29 is 18.3 Å². The number of hydrogen-bond acceptors (Lipinski definition) is 5. The van der Waals surface area contributed by atoms with E-state index in [2.05, 4.69) is 20.0 Å². The maximum atomic E-state index is 12.9. The van der Waals surface area contributed by atoms with Gasteiger partial charge in [0.05, 0.1) is 22.5 Å². The maximum absolute atomic E-state index is 12.9. The first-order chi connectivity index (χ1) is 15.0. The molecule has 1 aromatic heterocycles. The lowest BCUT2D eigenvalue weighted by Gasteiger charge is -2.28. The molecule has 4 N–H and O–H groups in total. The summed E-state index contributed by atoms with van der Waals surface area (Å²) in [5, 5.41) is 11.5. The Morgan fingerprint density at radius 2 is 1.84 bits per heavy atom. The zero-order valence-electron chi connectivity index (χ0n) is 17.0. The second-order valence-electron chi connectivity index (χ2n) is 7.81. The van der Waals surface area contributed by atoms with Crippen LogP contribution in [0.5, 0.6) is 0 Å². The summed E-state index contributed by atoms with van der Waals surface area (Å²) < 4.78 is 28.6. The Labute approximate surface area is 181 Å². The van der Waals surface area contributed by atoms with Gasteiger partial charge in [0, 0.05) is 24.1 Å². The second-order valence-corrected chi connectivity index (χ2v) is 9.53. The molecule has 3 aromatic rings. The maximum Gasteiger partial charge on any atom is 0.240 e. The molecule has 0 radical (unpaired) electrons. The van der Waals surface area contributed by atoms with Crippen LogP contribution in [-0.2, 0) is 14.8 Å². The summed E-state index contributed by atoms with van der Waals surface area (Å²) in [6, 6.07) is 14.3. The summed E-state index contributed by atoms with van der Waals surface area (Å²) >= 11 is 0. The minimum atomic E-state index is -3.70. The van der Waals surface area contributed by atoms with Gasteiger partial charge in [-0.25, -0.2) is 18.1 Å². The Morgan fingerprint density at radius 1 is 1.10 bits per heavy atom. The van der Waals surface area contributed by atoms with Crippen molar-refractivity contribution >= 4 is 27.0 Å². The van der Waals surface area contributed by atoms with Gasteiger partial charge in [0.2, 0.25) is 15.9 Å². The predicted octanol–water partition coefficient (Wildman–Crippen LogP) is 2.18. The number of aromatic nitrogens is 2. The van der Waals surface area contributed by atoms with Crippen LogP contribution in [0.15, 0.2) is 53.4 Å². The molecule has 0 spiro atoms. The van der Waals surface area contributed by atoms with Crippen molar-refractivity contribution in [3.63, 3.8) is 0 Å². The lowest BCUT2D eigenvalue weighted by Crippen LogP contribution is -2.41. The van der Waals surface area contributed by atoms with Crippen LogP contribution in [0, 0.1) is 5.92 Å². The molecule has 2 aromatic carbocycles. The number of imidazole rings is 1. The SMILES string of the molecule is O=C(NCCO)[C@H]1CC[C@H](NS(=O)(=O)c2ccc3[nH]c(-c4ccccc4)nc3c2)CC1. The largest absolute Gasteiger partial charge is 0.395 e. The molecule has 4 rings (SSSR count). The summed E-state index contributed by atoms with van der Waals surface area (Å²) in [7, 11) is -3.70. The molecule has 1 saturated carbocycles. The van der Waals surface area contributed by atoms with Crippen molar-refractivity contribution in [2.75, 3.05) is 13.2 Å². The number of H-pyrrole nitrogens is 1. The number of fused-ring (bicyclic) bond motifs is 1. The summed E-state index contributed by atoms with van der Waals surface area (Å²) in [6.45, 7) is 0.154. The zero-order chi connectivity index (χ0) is 21.8. The number of sulfonamides is 1. The van der Waals surface area contributed by atoms with Gasteiger partial charge in [0.15, 0.2) is 0 Å². The molecular weight excluding hydrogens is 416 g/mol. The lowest BCUT2D eigenvalue weighted by molar-refractivity contribution is -0.126. The fourth-order valence-corrected chi connectivity index (χ4v) is 5.29. The Balaban J connectivity index is 1.43. The van der Waals surface area contributed by atoms with Gasteiger partial charge in [-0.3, -0.25) is 4.79 Å². The van der Waals surface area contributed by atoms with E-state index in [0.29, 0.717) is 37.0 Å². The zero-order valence-corrected chi connectivity index (χ0v) is 17.9. The molecule has 1 aliphatic carbocycles. The van der Waals surface area contributed by atoms with Crippen LogP contribution in [0.1, 0.15) is 25.7 Å². The highest BCUT2D eigenvalue weighted by molar-refractivity contribution is 7.89. The van der Waals surface area contributed by atoms with Crippen molar-refractivity contribution in [2.45, 2.75) is 36.6 Å². The highest BCUT2D eigenvalue weighted by Crippen LogP contribution is 2.27. The monoisotopic (exact) mass is 442 g/mol. The van der Waals surface area contributed by atoms with Gasteiger partial charge < -0.3 is 15.4 Å². The average molecular weight is 443 g/mol. The quantitative estimate of drug-likeness (QED) is 0.446. The number of amides is 1. The molecular formula is C22H26N4O4S. The number of carbonyl (C=O) groups is 1. The standard InChI is InChI=1S/C22H26N4O4S/c27-13-12-23-22(28)16-6-8-17(9-7-16)26-31(29,30)18-10-11-19-20(14-18)25-21(24-19)15-4-2-1-3-5-15/h1-5,10-11,14,16-17,26-27H,6-9,12-13H2,(H,23,28)(H,24,25)/t16-,17-. The third-order valence-electron chi connectivity index (χ3n) is 5.64. The highest BCUT2D eigenvalue weighted by atomic mass is 32.2. The smallest absolute Gasteiger partial charge is 0.240 e. The summed E-state index contributed by atoms with van der Waals surface area (Å²) in [5.74, 6) is 0.480. The van der Waals surface area contributed by atoms with Crippen molar-refractivity contribution in [1.29, 1.82) is 0 Å². The molecule has 0 unspecified atom stereocenters. The Morgan fingerprint density at radius 3 is 2.55 bits per heavy atom. The van der Waals surface area contributed by atoms with Crippen molar-refractivity contribution in [3.05, 3.63) is 48.5 Å². The first-order valence-electron chi connectivity index (χ1n) is 10.4. The van der Waals surface area contributed by atoms with Crippen LogP contribution in [0.4, 0.5) is 0 Å². The second kappa shape index (κ2) is 9.17. The lowest BCUT2D eigenvalue weighted by atomic mass is 9.86. The number of aliphatic hydroxyl groups excluding tert-OH is 1. The van der Waals surface area contributed by atoms with E-state index >= 15 is 0 Å².